The lowest BCUT2D eigenvalue weighted by Crippen LogP contribution is -2.46. The quantitative estimate of drug-likeness (QED) is 0.760. The molecule has 9 nitrogen and oxygen atoms in total. The first-order valence-electron chi connectivity index (χ1n) is 9.34. The van der Waals surface area contributed by atoms with Gasteiger partial charge in [-0.1, -0.05) is 10.3 Å². The number of nitrogens with one attached hydrogen (secondary N) is 1. The second kappa shape index (κ2) is 8.14. The van der Waals surface area contributed by atoms with Crippen molar-refractivity contribution in [2.45, 2.75) is 39.8 Å². The van der Waals surface area contributed by atoms with Crippen LogP contribution < -0.4 is 5.32 Å². The third-order valence-corrected chi connectivity index (χ3v) is 5.11. The number of aryl methyl sites for hydroxylation is 2. The van der Waals surface area contributed by atoms with Crippen LogP contribution in [-0.4, -0.2) is 59.1 Å². The van der Waals surface area contributed by atoms with E-state index in [0.717, 1.165) is 0 Å². The molecule has 0 spiro atoms. The van der Waals surface area contributed by atoms with Gasteiger partial charge < -0.3 is 24.2 Å². The second-order valence-corrected chi connectivity index (χ2v) is 7.65. The first-order valence-corrected chi connectivity index (χ1v) is 9.34. The van der Waals surface area contributed by atoms with Crippen LogP contribution in [0.3, 0.4) is 0 Å². The van der Waals surface area contributed by atoms with Gasteiger partial charge in [-0.2, -0.15) is 0 Å². The van der Waals surface area contributed by atoms with Gasteiger partial charge in [-0.15, -0.1) is 0 Å². The maximum Gasteiger partial charge on any atom is 0.230 e. The molecule has 1 fully saturated rings. The van der Waals surface area contributed by atoms with Crippen molar-refractivity contribution in [3.63, 3.8) is 0 Å². The molecular formula is C19H27N5O4. The SMILES string of the molecule is Cc1cc(CN(C)C(=O)CC2(C(=O)N(C)Cc3cc(C)on3)CCNC2)no1. The van der Waals surface area contributed by atoms with Gasteiger partial charge in [-0.3, -0.25) is 9.59 Å². The Balaban J connectivity index is 1.66. The van der Waals surface area contributed by atoms with Crippen molar-refractivity contribution in [1.29, 1.82) is 0 Å². The molecule has 152 valence electrons. The first-order chi connectivity index (χ1) is 13.3. The summed E-state index contributed by atoms with van der Waals surface area (Å²) >= 11 is 0. The molecule has 3 rings (SSSR count). The molecule has 0 saturated carbocycles. The van der Waals surface area contributed by atoms with Crippen LogP contribution in [0.15, 0.2) is 21.2 Å². The zero-order valence-electron chi connectivity index (χ0n) is 16.8. The molecule has 28 heavy (non-hydrogen) atoms. The van der Waals surface area contributed by atoms with Gasteiger partial charge in [-0.05, 0) is 26.8 Å². The van der Waals surface area contributed by atoms with Gasteiger partial charge in [0.15, 0.2) is 0 Å². The molecule has 0 aliphatic carbocycles. The number of amides is 2. The van der Waals surface area contributed by atoms with E-state index in [1.54, 1.807) is 30.0 Å². The van der Waals surface area contributed by atoms with Crippen molar-refractivity contribution < 1.29 is 18.6 Å². The fourth-order valence-electron chi connectivity index (χ4n) is 3.61. The van der Waals surface area contributed by atoms with E-state index in [1.165, 1.54) is 0 Å². The molecule has 1 atom stereocenters. The normalized spacial score (nSPS) is 19.0. The minimum atomic E-state index is -0.751. The monoisotopic (exact) mass is 389 g/mol. The Labute approximate surface area is 164 Å². The molecule has 3 heterocycles. The first kappa shape index (κ1) is 20.1. The average molecular weight is 389 g/mol. The third kappa shape index (κ3) is 4.41. The molecule has 0 radical (unpaired) electrons. The lowest BCUT2D eigenvalue weighted by Gasteiger charge is -2.32. The van der Waals surface area contributed by atoms with Crippen LogP contribution in [0, 0.1) is 19.3 Å². The molecule has 1 aliphatic heterocycles. The number of carbonyl (C=O) groups excluding carboxylic acids is 2. The summed E-state index contributed by atoms with van der Waals surface area (Å²) in [5.74, 6) is 1.25. The molecule has 1 unspecified atom stereocenters. The van der Waals surface area contributed by atoms with Crippen LogP contribution in [0.2, 0.25) is 0 Å². The van der Waals surface area contributed by atoms with Gasteiger partial charge in [-0.25, -0.2) is 0 Å². The number of nitrogens with zero attached hydrogens (tertiary/aromatic N) is 4. The van der Waals surface area contributed by atoms with Crippen LogP contribution >= 0.6 is 0 Å². The highest BCUT2D eigenvalue weighted by molar-refractivity contribution is 5.89. The number of hydrogen-bond acceptors (Lipinski definition) is 7. The maximum absolute atomic E-state index is 13.2. The largest absolute Gasteiger partial charge is 0.361 e. The lowest BCUT2D eigenvalue weighted by atomic mass is 9.81. The highest BCUT2D eigenvalue weighted by Crippen LogP contribution is 2.33. The molecule has 2 aromatic heterocycles. The van der Waals surface area contributed by atoms with Crippen molar-refractivity contribution in [3.05, 3.63) is 35.0 Å². The fourth-order valence-corrected chi connectivity index (χ4v) is 3.61. The number of rotatable bonds is 7. The Kier molecular flexibility index (Phi) is 5.83. The van der Waals surface area contributed by atoms with Gasteiger partial charge in [0.25, 0.3) is 0 Å². The molecule has 2 amide bonds. The minimum absolute atomic E-state index is 0.0582. The van der Waals surface area contributed by atoms with Gasteiger partial charge in [0.2, 0.25) is 11.8 Å². The lowest BCUT2D eigenvalue weighted by molar-refractivity contribution is -0.146. The Morgan fingerprint density at radius 2 is 1.64 bits per heavy atom. The smallest absolute Gasteiger partial charge is 0.230 e. The van der Waals surface area contributed by atoms with Crippen LogP contribution in [0.5, 0.6) is 0 Å². The Morgan fingerprint density at radius 1 is 1.07 bits per heavy atom. The summed E-state index contributed by atoms with van der Waals surface area (Å²) in [5.41, 5.74) is 0.634. The highest BCUT2D eigenvalue weighted by atomic mass is 16.5. The number of aromatic nitrogens is 2. The molecule has 1 aliphatic rings. The summed E-state index contributed by atoms with van der Waals surface area (Å²) in [4.78, 5) is 29.3. The van der Waals surface area contributed by atoms with Gasteiger partial charge >= 0.3 is 0 Å². The van der Waals surface area contributed by atoms with E-state index in [0.29, 0.717) is 55.5 Å². The zero-order valence-corrected chi connectivity index (χ0v) is 16.8. The predicted octanol–water partition coefficient (Wildman–Crippen LogP) is 1.27. The van der Waals surface area contributed by atoms with Crippen molar-refractivity contribution in [3.8, 4) is 0 Å². The van der Waals surface area contributed by atoms with E-state index < -0.39 is 5.41 Å². The molecule has 1 saturated heterocycles. The van der Waals surface area contributed by atoms with E-state index in [2.05, 4.69) is 15.6 Å². The van der Waals surface area contributed by atoms with E-state index >= 15 is 0 Å². The van der Waals surface area contributed by atoms with Gasteiger partial charge in [0.05, 0.1) is 18.5 Å². The maximum atomic E-state index is 13.2. The van der Waals surface area contributed by atoms with E-state index in [9.17, 15) is 9.59 Å². The topological polar surface area (TPSA) is 105 Å². The van der Waals surface area contributed by atoms with Crippen LogP contribution in [0.25, 0.3) is 0 Å². The summed E-state index contributed by atoms with van der Waals surface area (Å²) in [6, 6.07) is 3.61. The highest BCUT2D eigenvalue weighted by Gasteiger charge is 2.45. The third-order valence-electron chi connectivity index (χ3n) is 5.11. The predicted molar refractivity (Wildman–Crippen MR) is 100.0 cm³/mol. The summed E-state index contributed by atoms with van der Waals surface area (Å²) in [5, 5.41) is 11.1. The van der Waals surface area contributed by atoms with Crippen LogP contribution in [0.1, 0.15) is 35.7 Å². The molecule has 2 aromatic rings. The number of hydrogen-bond donors (Lipinski definition) is 1. The van der Waals surface area contributed by atoms with Crippen LogP contribution in [-0.2, 0) is 22.7 Å². The molecule has 1 N–H and O–H groups in total. The number of carbonyl (C=O) groups is 2. The van der Waals surface area contributed by atoms with E-state index in [1.807, 2.05) is 19.9 Å². The Bertz CT molecular complexity index is 837. The van der Waals surface area contributed by atoms with Crippen molar-refractivity contribution in [1.82, 2.24) is 25.4 Å². The standard InChI is InChI=1S/C19H27N5O4/c1-13-7-15(21-27-13)10-23(3)17(25)9-19(5-6-20-12-19)18(26)24(4)11-16-8-14(2)28-22-16/h7-8,20H,5-6,9-12H2,1-4H3. The Morgan fingerprint density at radius 3 is 2.11 bits per heavy atom. The van der Waals surface area contributed by atoms with E-state index in [-0.39, 0.29) is 18.2 Å². The van der Waals surface area contributed by atoms with Crippen molar-refractivity contribution in [2.24, 2.45) is 5.41 Å². The summed E-state index contributed by atoms with van der Waals surface area (Å²) in [6.07, 6.45) is 0.769. The minimum Gasteiger partial charge on any atom is -0.361 e. The summed E-state index contributed by atoms with van der Waals surface area (Å²) < 4.78 is 10.1. The fraction of sp³-hybridized carbons (Fsp3) is 0.579. The van der Waals surface area contributed by atoms with Gasteiger partial charge in [0.1, 0.15) is 22.9 Å². The van der Waals surface area contributed by atoms with Gasteiger partial charge in [0, 0.05) is 39.2 Å². The van der Waals surface area contributed by atoms with Crippen molar-refractivity contribution in [2.75, 3.05) is 27.2 Å². The summed E-state index contributed by atoms with van der Waals surface area (Å²) in [6.45, 7) is 5.51. The average Bonchev–Trinajstić information content (AvgIpc) is 3.37. The van der Waals surface area contributed by atoms with Crippen molar-refractivity contribution >= 4 is 11.8 Å². The molecule has 0 aromatic carbocycles. The molecular weight excluding hydrogens is 362 g/mol. The second-order valence-electron chi connectivity index (χ2n) is 7.65. The van der Waals surface area contributed by atoms with Crippen LogP contribution in [0.4, 0.5) is 0 Å². The Hall–Kier alpha value is -2.68. The molecule has 0 bridgehead atoms. The summed E-state index contributed by atoms with van der Waals surface area (Å²) in [7, 11) is 3.45. The van der Waals surface area contributed by atoms with E-state index in [4.69, 9.17) is 9.05 Å². The molecule has 9 heteroatoms. The zero-order chi connectivity index (χ0) is 20.3.